The van der Waals surface area contributed by atoms with Gasteiger partial charge in [-0.05, 0) is 43.9 Å². The molecule has 1 heterocycles. The van der Waals surface area contributed by atoms with Gasteiger partial charge in [-0.25, -0.2) is 15.2 Å². The Kier molecular flexibility index (Phi) is 6.75. The van der Waals surface area contributed by atoms with E-state index in [1.165, 1.54) is 0 Å². The molecule has 1 aliphatic carbocycles. The summed E-state index contributed by atoms with van der Waals surface area (Å²) >= 11 is 0. The zero-order chi connectivity index (χ0) is 20.1. The van der Waals surface area contributed by atoms with Crippen molar-refractivity contribution in [1.29, 1.82) is 0 Å². The van der Waals surface area contributed by atoms with E-state index in [0.29, 0.717) is 19.6 Å². The monoisotopic (exact) mass is 388 g/mol. The minimum Gasteiger partial charge on any atom is -0.497 e. The first-order chi connectivity index (χ1) is 13.6. The van der Waals surface area contributed by atoms with E-state index in [-0.39, 0.29) is 24.2 Å². The highest BCUT2D eigenvalue weighted by atomic mass is 16.5. The fraction of sp³-hybridized carbons (Fsp3) is 0.591. The van der Waals surface area contributed by atoms with Crippen LogP contribution >= 0.6 is 0 Å². The predicted molar refractivity (Wildman–Crippen MR) is 108 cm³/mol. The number of nitrogens with zero attached hydrogens (tertiary/aromatic N) is 1. The molecule has 6 nitrogen and oxygen atoms in total. The topological polar surface area (TPSA) is 59.8 Å². The van der Waals surface area contributed by atoms with E-state index in [0.717, 1.165) is 24.2 Å². The van der Waals surface area contributed by atoms with Gasteiger partial charge >= 0.3 is 5.97 Å². The molecule has 28 heavy (non-hydrogen) atoms. The fourth-order valence-electron chi connectivity index (χ4n) is 4.02. The number of ether oxygens (including phenoxy) is 3. The van der Waals surface area contributed by atoms with Crippen LogP contribution in [0.3, 0.4) is 0 Å². The van der Waals surface area contributed by atoms with Crippen LogP contribution in [0.15, 0.2) is 36.4 Å². The van der Waals surface area contributed by atoms with Crippen LogP contribution in [-0.2, 0) is 20.8 Å². The minimum absolute atomic E-state index is 0.0459. The summed E-state index contributed by atoms with van der Waals surface area (Å²) in [5.41, 5.74) is 3.89. The van der Waals surface area contributed by atoms with Gasteiger partial charge < -0.3 is 14.2 Å². The molecule has 1 aromatic carbocycles. The van der Waals surface area contributed by atoms with Gasteiger partial charge in [0.05, 0.1) is 32.0 Å². The molecule has 0 amide bonds. The maximum absolute atomic E-state index is 12.8. The van der Waals surface area contributed by atoms with E-state index in [1.54, 1.807) is 7.11 Å². The Morgan fingerprint density at radius 1 is 1.25 bits per heavy atom. The molecule has 0 radical (unpaired) electrons. The summed E-state index contributed by atoms with van der Waals surface area (Å²) in [6.07, 6.45) is 6.77. The van der Waals surface area contributed by atoms with E-state index in [1.807, 2.05) is 36.2 Å². The summed E-state index contributed by atoms with van der Waals surface area (Å²) in [5, 5.41) is 2.03. The number of benzene rings is 1. The van der Waals surface area contributed by atoms with Crippen LogP contribution in [0.5, 0.6) is 5.75 Å². The average Bonchev–Trinajstić information content (AvgIpc) is 3.41. The summed E-state index contributed by atoms with van der Waals surface area (Å²) in [6, 6.07) is 7.87. The Morgan fingerprint density at radius 2 is 1.96 bits per heavy atom. The summed E-state index contributed by atoms with van der Waals surface area (Å²) in [7, 11) is 1.66. The van der Waals surface area contributed by atoms with Crippen LogP contribution in [-0.4, -0.2) is 48.5 Å². The smallest absolute Gasteiger partial charge is 0.330 e. The zero-order valence-electron chi connectivity index (χ0n) is 17.3. The molecule has 2 aliphatic rings. The number of carbonyl (C=O) groups excluding carboxylic acids is 1. The molecular formula is C22H32N2O4. The Labute approximate surface area is 167 Å². The maximum Gasteiger partial charge on any atom is 0.330 e. The van der Waals surface area contributed by atoms with Crippen LogP contribution < -0.4 is 10.2 Å². The van der Waals surface area contributed by atoms with Crippen LogP contribution in [0, 0.1) is 0 Å². The van der Waals surface area contributed by atoms with Crippen molar-refractivity contribution in [2.24, 2.45) is 0 Å². The molecule has 0 saturated carbocycles. The number of hydrogen-bond acceptors (Lipinski definition) is 6. The van der Waals surface area contributed by atoms with Gasteiger partial charge in [0.2, 0.25) is 0 Å². The van der Waals surface area contributed by atoms with Crippen molar-refractivity contribution in [3.63, 3.8) is 0 Å². The van der Waals surface area contributed by atoms with Crippen LogP contribution in [0.2, 0.25) is 0 Å². The Bertz CT molecular complexity index is 686. The second-order valence-corrected chi connectivity index (χ2v) is 7.31. The molecule has 4 atom stereocenters. The van der Waals surface area contributed by atoms with Crippen LogP contribution in [0.25, 0.3) is 0 Å². The zero-order valence-corrected chi connectivity index (χ0v) is 17.3. The highest BCUT2D eigenvalue weighted by Gasteiger charge is 2.72. The van der Waals surface area contributed by atoms with Gasteiger partial charge in [-0.3, -0.25) is 0 Å². The van der Waals surface area contributed by atoms with Gasteiger partial charge in [-0.2, -0.15) is 0 Å². The SMILES string of the molecule is CCOC(=O)C12CC=C[C@@H](OC(CC)CC)C1N2NCc1ccc(OC)cc1. The van der Waals surface area contributed by atoms with E-state index in [4.69, 9.17) is 14.2 Å². The minimum atomic E-state index is -0.673. The first kappa shape index (κ1) is 20.8. The van der Waals surface area contributed by atoms with Crippen molar-refractivity contribution >= 4 is 5.97 Å². The third-order valence-electron chi connectivity index (χ3n) is 5.70. The lowest BCUT2D eigenvalue weighted by molar-refractivity contribution is -0.148. The molecule has 154 valence electrons. The van der Waals surface area contributed by atoms with Gasteiger partial charge in [0.1, 0.15) is 5.75 Å². The van der Waals surface area contributed by atoms with Gasteiger partial charge in [-0.1, -0.05) is 38.1 Å². The molecular weight excluding hydrogens is 356 g/mol. The number of hydrazine groups is 1. The van der Waals surface area contributed by atoms with E-state index >= 15 is 0 Å². The summed E-state index contributed by atoms with van der Waals surface area (Å²) in [6.45, 7) is 7.11. The number of esters is 1. The molecule has 1 fully saturated rings. The highest BCUT2D eigenvalue weighted by molar-refractivity contribution is 5.87. The standard InChI is InChI=1S/C22H32N2O4/c1-5-17(6-2)28-19-9-8-14-22(21(25)27-7-3)20(19)24(22)23-15-16-10-12-18(26-4)13-11-16/h8-13,17,19-20,23H,5-7,14-15H2,1-4H3/t19-,20?,22?,24?/m1/s1. The first-order valence-electron chi connectivity index (χ1n) is 10.3. The molecule has 1 saturated heterocycles. The lowest BCUT2D eigenvalue weighted by Crippen LogP contribution is -2.39. The van der Waals surface area contributed by atoms with Crippen LogP contribution in [0.4, 0.5) is 0 Å². The molecule has 0 spiro atoms. The van der Waals surface area contributed by atoms with Gasteiger partial charge in [0, 0.05) is 6.54 Å². The number of methoxy groups -OCH3 is 1. The maximum atomic E-state index is 12.8. The lowest BCUT2D eigenvalue weighted by Gasteiger charge is -2.24. The number of carbonyl (C=O) groups is 1. The van der Waals surface area contributed by atoms with Gasteiger partial charge in [-0.15, -0.1) is 0 Å². The number of fused-ring (bicyclic) bond motifs is 1. The Morgan fingerprint density at radius 3 is 2.57 bits per heavy atom. The second-order valence-electron chi connectivity index (χ2n) is 7.31. The largest absolute Gasteiger partial charge is 0.497 e. The van der Waals surface area contributed by atoms with Gasteiger partial charge in [0.25, 0.3) is 0 Å². The van der Waals surface area contributed by atoms with Crippen molar-refractivity contribution in [3.05, 3.63) is 42.0 Å². The summed E-state index contributed by atoms with van der Waals surface area (Å²) in [5.74, 6) is 0.653. The molecule has 1 aromatic rings. The van der Waals surface area contributed by atoms with Crippen molar-refractivity contribution in [2.75, 3.05) is 13.7 Å². The Balaban J connectivity index is 1.73. The molecule has 3 unspecified atom stereocenters. The predicted octanol–water partition coefficient (Wildman–Crippen LogP) is 3.22. The molecule has 1 N–H and O–H groups in total. The van der Waals surface area contributed by atoms with E-state index < -0.39 is 5.54 Å². The van der Waals surface area contributed by atoms with E-state index in [2.05, 4.69) is 31.4 Å². The molecule has 3 rings (SSSR count). The van der Waals surface area contributed by atoms with Crippen molar-refractivity contribution < 1.29 is 19.0 Å². The quantitative estimate of drug-likeness (QED) is 0.377. The summed E-state index contributed by atoms with van der Waals surface area (Å²) < 4.78 is 16.9. The third kappa shape index (κ3) is 3.95. The Hall–Kier alpha value is -1.89. The second kappa shape index (κ2) is 9.07. The first-order valence-corrected chi connectivity index (χ1v) is 10.3. The van der Waals surface area contributed by atoms with Crippen molar-refractivity contribution in [3.8, 4) is 5.75 Å². The third-order valence-corrected chi connectivity index (χ3v) is 5.70. The van der Waals surface area contributed by atoms with Crippen molar-refractivity contribution in [1.82, 2.24) is 10.4 Å². The molecule has 1 aliphatic heterocycles. The molecule has 0 bridgehead atoms. The lowest BCUT2D eigenvalue weighted by atomic mass is 9.92. The normalized spacial score (nSPS) is 28.1. The number of nitrogens with one attached hydrogen (secondary N) is 1. The van der Waals surface area contributed by atoms with Crippen molar-refractivity contribution in [2.45, 2.75) is 70.4 Å². The fourth-order valence-corrected chi connectivity index (χ4v) is 4.02. The molecule has 0 aromatic heterocycles. The average molecular weight is 389 g/mol. The molecule has 6 heteroatoms. The number of rotatable bonds is 10. The van der Waals surface area contributed by atoms with E-state index in [9.17, 15) is 4.79 Å². The highest BCUT2D eigenvalue weighted by Crippen LogP contribution is 2.49. The summed E-state index contributed by atoms with van der Waals surface area (Å²) in [4.78, 5) is 12.8. The van der Waals surface area contributed by atoms with Gasteiger partial charge in [0.15, 0.2) is 5.54 Å². The van der Waals surface area contributed by atoms with Crippen LogP contribution in [0.1, 0.15) is 45.6 Å². The number of hydrogen-bond donors (Lipinski definition) is 1.